The molecule has 0 heterocycles. The summed E-state index contributed by atoms with van der Waals surface area (Å²) in [5.41, 5.74) is -0.198. The highest BCUT2D eigenvalue weighted by Gasteiger charge is 2.21. The number of halogens is 1. The summed E-state index contributed by atoms with van der Waals surface area (Å²) >= 11 is 0. The Morgan fingerprint density at radius 2 is 2.18 bits per heavy atom. The van der Waals surface area contributed by atoms with Crippen molar-refractivity contribution in [3.05, 3.63) is 39.2 Å². The summed E-state index contributed by atoms with van der Waals surface area (Å²) in [6, 6.07) is 2.39. The van der Waals surface area contributed by atoms with Crippen LogP contribution in [-0.2, 0) is 16.0 Å². The average molecular weight is 241 g/mol. The molecule has 0 aliphatic heterocycles. The van der Waals surface area contributed by atoms with Crippen molar-refractivity contribution in [2.75, 3.05) is 6.61 Å². The van der Waals surface area contributed by atoms with Gasteiger partial charge < -0.3 is 4.74 Å². The Morgan fingerprint density at radius 3 is 2.71 bits per heavy atom. The fourth-order valence-electron chi connectivity index (χ4n) is 1.45. The molecule has 0 amide bonds. The third-order valence-corrected chi connectivity index (χ3v) is 2.14. The molecule has 0 radical (unpaired) electrons. The maximum absolute atomic E-state index is 13.6. The van der Waals surface area contributed by atoms with Gasteiger partial charge in [-0.15, -0.1) is 0 Å². The predicted octanol–water partition coefficient (Wildman–Crippen LogP) is 2.15. The normalized spacial score (nSPS) is 10.1. The maximum Gasteiger partial charge on any atom is 0.310 e. The molecule has 0 aromatic heterocycles. The van der Waals surface area contributed by atoms with E-state index in [4.69, 9.17) is 0 Å². The van der Waals surface area contributed by atoms with Crippen molar-refractivity contribution in [2.45, 2.75) is 20.3 Å². The zero-order valence-electron chi connectivity index (χ0n) is 9.53. The third kappa shape index (κ3) is 3.24. The molecule has 0 N–H and O–H groups in total. The Balaban J connectivity index is 3.12. The molecule has 17 heavy (non-hydrogen) atoms. The second-order valence-electron chi connectivity index (χ2n) is 3.48. The number of carbonyl (C=O) groups is 1. The van der Waals surface area contributed by atoms with Gasteiger partial charge in [0.05, 0.1) is 23.5 Å². The lowest BCUT2D eigenvalue weighted by Gasteiger charge is -2.05. The number of nitro benzene ring substituents is 1. The topological polar surface area (TPSA) is 69.4 Å². The minimum Gasteiger partial charge on any atom is -0.466 e. The Labute approximate surface area is 97.3 Å². The van der Waals surface area contributed by atoms with Gasteiger partial charge in [-0.2, -0.15) is 0 Å². The number of hydrogen-bond donors (Lipinski definition) is 0. The van der Waals surface area contributed by atoms with Crippen LogP contribution >= 0.6 is 0 Å². The number of aryl methyl sites for hydroxylation is 1. The molecule has 1 aromatic rings. The van der Waals surface area contributed by atoms with E-state index < -0.39 is 28.8 Å². The van der Waals surface area contributed by atoms with Gasteiger partial charge in [-0.3, -0.25) is 14.9 Å². The van der Waals surface area contributed by atoms with Gasteiger partial charge in [0, 0.05) is 6.07 Å². The molecule has 0 atom stereocenters. The van der Waals surface area contributed by atoms with Crippen LogP contribution in [0.5, 0.6) is 0 Å². The molecule has 0 aliphatic rings. The summed E-state index contributed by atoms with van der Waals surface area (Å²) in [5, 5.41) is 10.8. The van der Waals surface area contributed by atoms with Crippen LogP contribution < -0.4 is 0 Å². The second kappa shape index (κ2) is 5.38. The van der Waals surface area contributed by atoms with Gasteiger partial charge in [0.25, 0.3) is 5.69 Å². The summed E-state index contributed by atoms with van der Waals surface area (Å²) in [7, 11) is 0. The first-order chi connectivity index (χ1) is 7.95. The first-order valence-electron chi connectivity index (χ1n) is 5.04. The molecule has 1 aromatic carbocycles. The van der Waals surface area contributed by atoms with E-state index in [1.165, 1.54) is 6.07 Å². The molecule has 0 spiro atoms. The van der Waals surface area contributed by atoms with Gasteiger partial charge in [-0.05, 0) is 25.5 Å². The molecule has 0 aliphatic carbocycles. The molecular formula is C11H12FNO4. The number of hydrogen-bond acceptors (Lipinski definition) is 4. The minimum atomic E-state index is -0.759. The predicted molar refractivity (Wildman–Crippen MR) is 58.1 cm³/mol. The fourth-order valence-corrected chi connectivity index (χ4v) is 1.45. The smallest absolute Gasteiger partial charge is 0.310 e. The Bertz CT molecular complexity index is 459. The summed E-state index contributed by atoms with van der Waals surface area (Å²) in [4.78, 5) is 21.3. The Hall–Kier alpha value is -1.98. The zero-order chi connectivity index (χ0) is 13.0. The lowest BCUT2D eigenvalue weighted by molar-refractivity contribution is -0.385. The zero-order valence-corrected chi connectivity index (χ0v) is 9.53. The Morgan fingerprint density at radius 1 is 1.53 bits per heavy atom. The number of carbonyl (C=O) groups excluding carboxylic acids is 1. The molecule has 0 fully saturated rings. The molecule has 0 saturated carbocycles. The van der Waals surface area contributed by atoms with Crippen molar-refractivity contribution >= 4 is 11.7 Å². The number of esters is 1. The largest absolute Gasteiger partial charge is 0.466 e. The number of ether oxygens (including phenoxy) is 1. The average Bonchev–Trinajstić information content (AvgIpc) is 2.21. The molecular weight excluding hydrogens is 229 g/mol. The molecule has 0 unspecified atom stereocenters. The monoisotopic (exact) mass is 241 g/mol. The van der Waals surface area contributed by atoms with Crippen LogP contribution in [-0.4, -0.2) is 17.5 Å². The highest BCUT2D eigenvalue weighted by Crippen LogP contribution is 2.24. The molecule has 6 heteroatoms. The second-order valence-corrected chi connectivity index (χ2v) is 3.48. The van der Waals surface area contributed by atoms with Crippen molar-refractivity contribution < 1.29 is 18.8 Å². The summed E-state index contributed by atoms with van der Waals surface area (Å²) < 4.78 is 18.2. The minimum absolute atomic E-state index is 0.153. The van der Waals surface area contributed by atoms with E-state index in [0.717, 1.165) is 6.07 Å². The van der Waals surface area contributed by atoms with E-state index in [0.29, 0.717) is 5.56 Å². The molecule has 0 bridgehead atoms. The SMILES string of the molecule is CCOC(=O)Cc1c(F)cc(C)cc1[N+](=O)[O-]. The van der Waals surface area contributed by atoms with E-state index in [-0.39, 0.29) is 12.2 Å². The van der Waals surface area contributed by atoms with E-state index in [1.54, 1.807) is 13.8 Å². The van der Waals surface area contributed by atoms with Crippen molar-refractivity contribution in [3.63, 3.8) is 0 Å². The number of benzene rings is 1. The van der Waals surface area contributed by atoms with Gasteiger partial charge in [0.15, 0.2) is 0 Å². The van der Waals surface area contributed by atoms with Crippen molar-refractivity contribution in [1.29, 1.82) is 0 Å². The van der Waals surface area contributed by atoms with Crippen molar-refractivity contribution in [1.82, 2.24) is 0 Å². The number of nitrogens with zero attached hydrogens (tertiary/aromatic N) is 1. The van der Waals surface area contributed by atoms with Gasteiger partial charge in [0.1, 0.15) is 5.82 Å². The number of nitro groups is 1. The number of rotatable bonds is 4. The quantitative estimate of drug-likeness (QED) is 0.460. The van der Waals surface area contributed by atoms with Crippen LogP contribution in [0.4, 0.5) is 10.1 Å². The van der Waals surface area contributed by atoms with Crippen LogP contribution in [0.2, 0.25) is 0 Å². The van der Waals surface area contributed by atoms with Crippen LogP contribution in [0.15, 0.2) is 12.1 Å². The summed E-state index contributed by atoms with van der Waals surface area (Å²) in [6.07, 6.45) is -0.434. The van der Waals surface area contributed by atoms with Crippen LogP contribution in [0.25, 0.3) is 0 Å². The van der Waals surface area contributed by atoms with Gasteiger partial charge in [-0.1, -0.05) is 0 Å². The van der Waals surface area contributed by atoms with Crippen molar-refractivity contribution in [2.24, 2.45) is 0 Å². The highest BCUT2D eigenvalue weighted by atomic mass is 19.1. The van der Waals surface area contributed by atoms with E-state index in [1.807, 2.05) is 0 Å². The molecule has 0 saturated heterocycles. The highest BCUT2D eigenvalue weighted by molar-refractivity contribution is 5.74. The van der Waals surface area contributed by atoms with Crippen LogP contribution in [0, 0.1) is 22.9 Å². The Kier molecular flexibility index (Phi) is 4.14. The van der Waals surface area contributed by atoms with E-state index in [2.05, 4.69) is 4.74 Å². The van der Waals surface area contributed by atoms with E-state index >= 15 is 0 Å². The van der Waals surface area contributed by atoms with Gasteiger partial charge >= 0.3 is 5.97 Å². The molecule has 92 valence electrons. The fraction of sp³-hybridized carbons (Fsp3) is 0.364. The first-order valence-corrected chi connectivity index (χ1v) is 5.04. The first kappa shape index (κ1) is 13.1. The maximum atomic E-state index is 13.6. The third-order valence-electron chi connectivity index (χ3n) is 2.14. The lowest BCUT2D eigenvalue weighted by Crippen LogP contribution is -2.11. The molecule has 5 nitrogen and oxygen atoms in total. The van der Waals surface area contributed by atoms with Gasteiger partial charge in [0.2, 0.25) is 0 Å². The van der Waals surface area contributed by atoms with E-state index in [9.17, 15) is 19.3 Å². The summed E-state index contributed by atoms with van der Waals surface area (Å²) in [6.45, 7) is 3.31. The van der Waals surface area contributed by atoms with Crippen LogP contribution in [0.1, 0.15) is 18.1 Å². The van der Waals surface area contributed by atoms with Crippen molar-refractivity contribution in [3.8, 4) is 0 Å². The van der Waals surface area contributed by atoms with Gasteiger partial charge in [-0.25, -0.2) is 4.39 Å². The molecule has 1 rings (SSSR count). The lowest BCUT2D eigenvalue weighted by atomic mass is 10.1. The standard InChI is InChI=1S/C11H12FNO4/c1-3-17-11(14)6-8-9(12)4-7(2)5-10(8)13(15)16/h4-5H,3,6H2,1-2H3. The van der Waals surface area contributed by atoms with Crippen LogP contribution in [0.3, 0.4) is 0 Å². The summed E-state index contributed by atoms with van der Waals surface area (Å²) in [5.74, 6) is -1.44.